The minimum atomic E-state index is -4.79. The minimum Gasteiger partial charge on any atom is -0.465 e. The first-order valence-corrected chi connectivity index (χ1v) is 7.97. The van der Waals surface area contributed by atoms with Crippen molar-refractivity contribution in [1.29, 1.82) is 0 Å². The molecule has 0 aromatic heterocycles. The molecule has 1 aromatic rings. The van der Waals surface area contributed by atoms with Crippen molar-refractivity contribution in [3.63, 3.8) is 0 Å². The molecule has 2 rings (SSSR count). The zero-order valence-corrected chi connectivity index (χ0v) is 12.7. The topological polar surface area (TPSA) is 80.8 Å². The Morgan fingerprint density at radius 3 is 2.57 bits per heavy atom. The van der Waals surface area contributed by atoms with Gasteiger partial charge in [0.1, 0.15) is 11.6 Å². The molecule has 1 fully saturated rings. The normalized spacial score (nSPS) is 18.3. The molecule has 1 aromatic carbocycles. The number of carbonyl (C=O) groups excluding carboxylic acids is 2. The number of halogens is 3. The summed E-state index contributed by atoms with van der Waals surface area (Å²) in [6.45, 7) is -0.259. The van der Waals surface area contributed by atoms with Crippen LogP contribution < -0.4 is 4.90 Å². The lowest BCUT2D eigenvalue weighted by Gasteiger charge is -2.18. The molecule has 0 radical (unpaired) electrons. The van der Waals surface area contributed by atoms with Gasteiger partial charge in [0.25, 0.3) is 0 Å². The van der Waals surface area contributed by atoms with E-state index in [4.69, 9.17) is 0 Å². The van der Waals surface area contributed by atoms with Gasteiger partial charge in [-0.1, -0.05) is 0 Å². The number of amides is 1. The molecule has 1 amide bonds. The fourth-order valence-electron chi connectivity index (χ4n) is 2.42. The minimum absolute atomic E-state index is 0.259. The zero-order chi connectivity index (χ0) is 17.4. The summed E-state index contributed by atoms with van der Waals surface area (Å²) in [5, 5.41) is 0. The van der Waals surface area contributed by atoms with Gasteiger partial charge in [-0.05, 0) is 6.07 Å². The van der Waals surface area contributed by atoms with Gasteiger partial charge in [-0.25, -0.2) is 13.6 Å². The Kier molecular flexibility index (Phi) is 4.64. The molecular weight excluding hydrogens is 339 g/mol. The van der Waals surface area contributed by atoms with Crippen LogP contribution in [0.25, 0.3) is 0 Å². The number of hydrogen-bond donors (Lipinski definition) is 0. The predicted octanol–water partition coefficient (Wildman–Crippen LogP) is 1.40. The molecule has 0 saturated carbocycles. The molecule has 1 heterocycles. The maximum atomic E-state index is 13.9. The highest BCUT2D eigenvalue weighted by molar-refractivity contribution is 7.86. The largest absolute Gasteiger partial charge is 0.465 e. The third-order valence-corrected chi connectivity index (χ3v) is 4.24. The molecule has 126 valence electrons. The van der Waals surface area contributed by atoms with E-state index in [9.17, 15) is 30.7 Å². The van der Waals surface area contributed by atoms with E-state index in [0.29, 0.717) is 6.07 Å². The third-order valence-electron chi connectivity index (χ3n) is 3.37. The average Bonchev–Trinajstić information content (AvgIpc) is 2.76. The van der Waals surface area contributed by atoms with Gasteiger partial charge in [0, 0.05) is 24.9 Å². The first-order valence-electron chi connectivity index (χ1n) is 6.42. The van der Waals surface area contributed by atoms with Crippen LogP contribution in [0.3, 0.4) is 0 Å². The number of hydrogen-bond acceptors (Lipinski definition) is 5. The van der Waals surface area contributed by atoms with Crippen molar-refractivity contribution in [3.05, 3.63) is 29.3 Å². The van der Waals surface area contributed by atoms with Crippen LogP contribution in [0.2, 0.25) is 0 Å². The fraction of sp³-hybridized carbons (Fsp3) is 0.385. The van der Waals surface area contributed by atoms with Crippen molar-refractivity contribution < 1.29 is 35.4 Å². The summed E-state index contributed by atoms with van der Waals surface area (Å²) < 4.78 is 65.8. The van der Waals surface area contributed by atoms with Crippen molar-refractivity contribution in [1.82, 2.24) is 0 Å². The number of anilines is 1. The Morgan fingerprint density at radius 2 is 2.00 bits per heavy atom. The highest BCUT2D eigenvalue weighted by atomic mass is 32.3. The van der Waals surface area contributed by atoms with Crippen LogP contribution in [0.5, 0.6) is 0 Å². The van der Waals surface area contributed by atoms with Gasteiger partial charge < -0.3 is 9.64 Å². The van der Waals surface area contributed by atoms with E-state index in [-0.39, 0.29) is 13.0 Å². The van der Waals surface area contributed by atoms with Crippen LogP contribution in [-0.2, 0) is 19.8 Å². The Bertz CT molecular complexity index is 765. The molecular formula is C13H12F3NO5S. The van der Waals surface area contributed by atoms with Gasteiger partial charge in [0.15, 0.2) is 0 Å². The second-order valence-corrected chi connectivity index (χ2v) is 6.47. The van der Waals surface area contributed by atoms with Crippen LogP contribution in [0, 0.1) is 17.6 Å². The molecule has 0 N–H and O–H groups in total. The van der Waals surface area contributed by atoms with Crippen LogP contribution in [-0.4, -0.2) is 39.7 Å². The zero-order valence-electron chi connectivity index (χ0n) is 11.9. The molecule has 0 bridgehead atoms. The van der Waals surface area contributed by atoms with Gasteiger partial charge in [-0.3, -0.25) is 4.79 Å². The molecule has 10 heteroatoms. The standard InChI is InChI=1S/C13H12F3NO5S/c1-22-13(19)8-3-11(10(15)4-9(8)14)17-5-7(2-12(17)18)6-23(16,20)21/h3-4,7H,2,5-6H2,1H3. The Hall–Kier alpha value is -2.10. The van der Waals surface area contributed by atoms with E-state index in [1.54, 1.807) is 0 Å². The summed E-state index contributed by atoms with van der Waals surface area (Å²) in [5.41, 5.74) is -0.964. The number of benzene rings is 1. The van der Waals surface area contributed by atoms with Crippen molar-refractivity contribution in [2.75, 3.05) is 24.3 Å². The van der Waals surface area contributed by atoms with Crippen LogP contribution in [0.1, 0.15) is 16.8 Å². The van der Waals surface area contributed by atoms with Crippen molar-refractivity contribution in [2.45, 2.75) is 6.42 Å². The van der Waals surface area contributed by atoms with Crippen molar-refractivity contribution in [2.24, 2.45) is 5.92 Å². The average molecular weight is 351 g/mol. The number of ether oxygens (including phenoxy) is 1. The van der Waals surface area contributed by atoms with E-state index in [0.717, 1.165) is 18.1 Å². The van der Waals surface area contributed by atoms with E-state index in [2.05, 4.69) is 4.74 Å². The van der Waals surface area contributed by atoms with E-state index >= 15 is 0 Å². The van der Waals surface area contributed by atoms with Crippen LogP contribution in [0.4, 0.5) is 18.4 Å². The molecule has 6 nitrogen and oxygen atoms in total. The summed E-state index contributed by atoms with van der Waals surface area (Å²) in [7, 11) is -3.78. The summed E-state index contributed by atoms with van der Waals surface area (Å²) >= 11 is 0. The molecule has 1 aliphatic heterocycles. The molecule has 0 spiro atoms. The van der Waals surface area contributed by atoms with E-state index in [1.807, 2.05) is 0 Å². The number of esters is 1. The van der Waals surface area contributed by atoms with Crippen molar-refractivity contribution in [3.8, 4) is 0 Å². The third kappa shape index (κ3) is 3.81. The first kappa shape index (κ1) is 17.3. The Balaban J connectivity index is 2.35. The highest BCUT2D eigenvalue weighted by Crippen LogP contribution is 2.30. The lowest BCUT2D eigenvalue weighted by atomic mass is 10.1. The Labute approximate surface area is 130 Å². The molecule has 1 atom stereocenters. The first-order chi connectivity index (χ1) is 10.6. The smallest absolute Gasteiger partial charge is 0.340 e. The predicted molar refractivity (Wildman–Crippen MR) is 73.1 cm³/mol. The molecule has 1 unspecified atom stereocenters. The lowest BCUT2D eigenvalue weighted by molar-refractivity contribution is -0.117. The maximum absolute atomic E-state index is 13.9. The number of carbonyl (C=O) groups is 2. The summed E-state index contributed by atoms with van der Waals surface area (Å²) in [6, 6.07) is 1.23. The van der Waals surface area contributed by atoms with Gasteiger partial charge in [0.2, 0.25) is 5.91 Å². The Morgan fingerprint density at radius 1 is 1.35 bits per heavy atom. The van der Waals surface area contributed by atoms with Crippen LogP contribution in [0.15, 0.2) is 12.1 Å². The van der Waals surface area contributed by atoms with Gasteiger partial charge in [-0.15, -0.1) is 3.89 Å². The molecule has 1 aliphatic rings. The second kappa shape index (κ2) is 6.19. The van der Waals surface area contributed by atoms with Gasteiger partial charge in [0.05, 0.1) is 24.1 Å². The highest BCUT2D eigenvalue weighted by Gasteiger charge is 2.35. The van der Waals surface area contributed by atoms with Gasteiger partial charge in [-0.2, -0.15) is 8.42 Å². The van der Waals surface area contributed by atoms with Crippen LogP contribution >= 0.6 is 0 Å². The van der Waals surface area contributed by atoms with Gasteiger partial charge >= 0.3 is 16.2 Å². The summed E-state index contributed by atoms with van der Waals surface area (Å²) in [6.07, 6.45) is -0.298. The van der Waals surface area contributed by atoms with E-state index < -0.39 is 56.7 Å². The monoisotopic (exact) mass is 351 g/mol. The van der Waals surface area contributed by atoms with Crippen molar-refractivity contribution >= 4 is 27.8 Å². The summed E-state index contributed by atoms with van der Waals surface area (Å²) in [5.74, 6) is -5.70. The number of methoxy groups -OCH3 is 1. The van der Waals surface area contributed by atoms with E-state index in [1.165, 1.54) is 0 Å². The SMILES string of the molecule is COC(=O)c1cc(N2CC(CS(=O)(=O)F)CC2=O)c(F)cc1F. The lowest BCUT2D eigenvalue weighted by Crippen LogP contribution is -2.27. The molecule has 0 aliphatic carbocycles. The summed E-state index contributed by atoms with van der Waals surface area (Å²) in [4.78, 5) is 24.2. The quantitative estimate of drug-likeness (QED) is 0.605. The maximum Gasteiger partial charge on any atom is 0.340 e. The fourth-order valence-corrected chi connectivity index (χ4v) is 3.20. The number of nitrogens with zero attached hydrogens (tertiary/aromatic N) is 1. The number of rotatable bonds is 4. The molecule has 23 heavy (non-hydrogen) atoms. The second-order valence-electron chi connectivity index (χ2n) is 5.06. The molecule has 1 saturated heterocycles.